The molecule has 11 heteroatoms. The van der Waals surface area contributed by atoms with Gasteiger partial charge in [-0.05, 0) is 6.07 Å². The molecule has 4 heterocycles. The Labute approximate surface area is 181 Å². The van der Waals surface area contributed by atoms with E-state index in [-0.39, 0.29) is 5.56 Å². The monoisotopic (exact) mass is 432 g/mol. The molecule has 0 amide bonds. The van der Waals surface area contributed by atoms with Crippen LogP contribution in [-0.4, -0.2) is 48.9 Å². The summed E-state index contributed by atoms with van der Waals surface area (Å²) in [6, 6.07) is 5.28. The van der Waals surface area contributed by atoms with Gasteiger partial charge in [-0.25, -0.2) is 15.0 Å². The maximum atomic E-state index is 13.1. The molecule has 0 spiro atoms. The van der Waals surface area contributed by atoms with Gasteiger partial charge in [0.2, 0.25) is 0 Å². The fourth-order valence-corrected chi connectivity index (χ4v) is 3.62. The number of pyridine rings is 1. The van der Waals surface area contributed by atoms with Crippen molar-refractivity contribution in [1.29, 1.82) is 0 Å². The van der Waals surface area contributed by atoms with Gasteiger partial charge >= 0.3 is 0 Å². The second-order valence-corrected chi connectivity index (χ2v) is 7.10. The molecule has 0 aliphatic heterocycles. The molecule has 0 unspecified atom stereocenters. The second kappa shape index (κ2) is 7.69. The highest BCUT2D eigenvalue weighted by atomic mass is 16.5. The van der Waals surface area contributed by atoms with Crippen molar-refractivity contribution in [3.8, 4) is 22.9 Å². The van der Waals surface area contributed by atoms with Gasteiger partial charge in [0.05, 0.1) is 43.0 Å². The van der Waals surface area contributed by atoms with Crippen LogP contribution in [0.15, 0.2) is 41.6 Å². The number of H-pyrrole nitrogens is 2. The van der Waals surface area contributed by atoms with E-state index in [1.54, 1.807) is 62.7 Å². The van der Waals surface area contributed by atoms with E-state index in [1.807, 2.05) is 0 Å². The molecule has 0 saturated heterocycles. The molecule has 0 fully saturated rings. The van der Waals surface area contributed by atoms with Gasteiger partial charge in [-0.2, -0.15) is 5.10 Å². The van der Waals surface area contributed by atoms with E-state index in [0.29, 0.717) is 63.0 Å². The van der Waals surface area contributed by atoms with Crippen LogP contribution >= 0.6 is 0 Å². The van der Waals surface area contributed by atoms with Gasteiger partial charge in [0, 0.05) is 37.8 Å². The summed E-state index contributed by atoms with van der Waals surface area (Å²) < 4.78 is 12.4. The minimum absolute atomic E-state index is 0.306. The molecule has 0 bridgehead atoms. The fraction of sp³-hybridized carbons (Fsp3) is 0.190. The first kappa shape index (κ1) is 19.5. The Kier molecular flexibility index (Phi) is 4.70. The number of ether oxygens (including phenoxy) is 2. The standard InChI is InChI=1S/C21H20N8O3/c1-29-10-13-18(28-29)19(24-9-16-22-5-4-6-23-16)17(21(30)27-13)20-25-11-7-14(31-2)15(32-3)8-12(11)26-20/h4-8,10,24H,9H2,1-3H3,(H,25,26)(H,27,30). The highest BCUT2D eigenvalue weighted by Gasteiger charge is 2.21. The van der Waals surface area contributed by atoms with E-state index >= 15 is 0 Å². The molecule has 3 N–H and O–H groups in total. The van der Waals surface area contributed by atoms with Crippen molar-refractivity contribution in [2.75, 3.05) is 19.5 Å². The van der Waals surface area contributed by atoms with Crippen LogP contribution in [0.2, 0.25) is 0 Å². The van der Waals surface area contributed by atoms with Gasteiger partial charge in [-0.3, -0.25) is 9.48 Å². The van der Waals surface area contributed by atoms with Crippen molar-refractivity contribution < 1.29 is 9.47 Å². The van der Waals surface area contributed by atoms with Gasteiger partial charge in [0.25, 0.3) is 5.56 Å². The molecular weight excluding hydrogens is 412 g/mol. The fourth-order valence-electron chi connectivity index (χ4n) is 3.62. The normalized spacial score (nSPS) is 11.2. The Balaban J connectivity index is 1.69. The molecule has 162 valence electrons. The summed E-state index contributed by atoms with van der Waals surface area (Å²) in [5.74, 6) is 2.08. The number of nitrogens with zero attached hydrogens (tertiary/aromatic N) is 5. The van der Waals surface area contributed by atoms with Crippen LogP contribution in [0.4, 0.5) is 5.69 Å². The summed E-state index contributed by atoms with van der Waals surface area (Å²) >= 11 is 0. The lowest BCUT2D eigenvalue weighted by molar-refractivity contribution is 0.356. The molecule has 11 nitrogen and oxygen atoms in total. The van der Waals surface area contributed by atoms with E-state index in [2.05, 4.69) is 35.3 Å². The number of rotatable bonds is 6. The van der Waals surface area contributed by atoms with Crippen LogP contribution in [-0.2, 0) is 13.6 Å². The summed E-state index contributed by atoms with van der Waals surface area (Å²) in [5.41, 5.74) is 3.12. The molecule has 5 rings (SSSR count). The average Bonchev–Trinajstić information content (AvgIpc) is 3.38. The van der Waals surface area contributed by atoms with E-state index in [1.165, 1.54) is 0 Å². The molecule has 0 aliphatic rings. The lowest BCUT2D eigenvalue weighted by atomic mass is 10.2. The molecule has 32 heavy (non-hydrogen) atoms. The first-order valence-corrected chi connectivity index (χ1v) is 9.79. The zero-order valence-electron chi connectivity index (χ0n) is 17.6. The van der Waals surface area contributed by atoms with Crippen molar-refractivity contribution in [2.24, 2.45) is 7.05 Å². The van der Waals surface area contributed by atoms with E-state index in [0.717, 1.165) is 0 Å². The number of hydrogen-bond acceptors (Lipinski definition) is 8. The van der Waals surface area contributed by atoms with Crippen molar-refractivity contribution in [1.82, 2.24) is 34.7 Å². The lowest BCUT2D eigenvalue weighted by Crippen LogP contribution is -2.15. The molecule has 4 aromatic heterocycles. The number of methoxy groups -OCH3 is 2. The van der Waals surface area contributed by atoms with Crippen LogP contribution in [0, 0.1) is 0 Å². The number of imidazole rings is 1. The number of anilines is 1. The Bertz CT molecular complexity index is 1450. The Morgan fingerprint density at radius 2 is 1.81 bits per heavy atom. The van der Waals surface area contributed by atoms with Crippen LogP contribution < -0.4 is 20.3 Å². The third kappa shape index (κ3) is 3.29. The topological polar surface area (TPSA) is 136 Å². The predicted molar refractivity (Wildman–Crippen MR) is 119 cm³/mol. The molecular formula is C21H20N8O3. The summed E-state index contributed by atoms with van der Waals surface area (Å²) in [5, 5.41) is 7.81. The summed E-state index contributed by atoms with van der Waals surface area (Å²) in [4.78, 5) is 32.3. The van der Waals surface area contributed by atoms with E-state index in [9.17, 15) is 4.79 Å². The van der Waals surface area contributed by atoms with Crippen molar-refractivity contribution >= 4 is 27.8 Å². The Hall–Kier alpha value is -4.41. The quantitative estimate of drug-likeness (QED) is 0.372. The summed E-state index contributed by atoms with van der Waals surface area (Å²) in [6.07, 6.45) is 5.08. The number of aromatic nitrogens is 7. The third-order valence-corrected chi connectivity index (χ3v) is 5.06. The highest BCUT2D eigenvalue weighted by Crippen LogP contribution is 2.34. The first-order valence-electron chi connectivity index (χ1n) is 9.79. The number of hydrogen-bond donors (Lipinski definition) is 3. The van der Waals surface area contributed by atoms with Crippen LogP contribution in [0.25, 0.3) is 33.5 Å². The number of benzene rings is 1. The lowest BCUT2D eigenvalue weighted by Gasteiger charge is -2.10. The van der Waals surface area contributed by atoms with Crippen LogP contribution in [0.1, 0.15) is 5.82 Å². The third-order valence-electron chi connectivity index (χ3n) is 5.06. The maximum Gasteiger partial charge on any atom is 0.261 e. The zero-order chi connectivity index (χ0) is 22.2. The van der Waals surface area contributed by atoms with Crippen molar-refractivity contribution in [3.63, 3.8) is 0 Å². The SMILES string of the molecule is COc1cc2nc(-c3c(NCc4ncccn4)c4nn(C)cc4[nH]c3=O)[nH]c2cc1OC. The summed E-state index contributed by atoms with van der Waals surface area (Å²) in [6.45, 7) is 0.310. The molecule has 0 atom stereocenters. The molecule has 5 aromatic rings. The molecule has 1 aromatic carbocycles. The van der Waals surface area contributed by atoms with Gasteiger partial charge in [-0.15, -0.1) is 0 Å². The Morgan fingerprint density at radius 1 is 1.06 bits per heavy atom. The minimum atomic E-state index is -0.306. The molecule has 0 radical (unpaired) electrons. The number of aryl methyl sites for hydroxylation is 1. The largest absolute Gasteiger partial charge is 0.493 e. The number of nitrogens with one attached hydrogen (secondary N) is 3. The van der Waals surface area contributed by atoms with E-state index in [4.69, 9.17) is 9.47 Å². The van der Waals surface area contributed by atoms with Gasteiger partial charge < -0.3 is 24.8 Å². The maximum absolute atomic E-state index is 13.1. The van der Waals surface area contributed by atoms with Crippen molar-refractivity contribution in [2.45, 2.75) is 6.54 Å². The predicted octanol–water partition coefficient (Wildman–Crippen LogP) is 2.22. The molecule has 0 saturated carbocycles. The van der Waals surface area contributed by atoms with Crippen LogP contribution in [0.3, 0.4) is 0 Å². The van der Waals surface area contributed by atoms with Gasteiger partial charge in [0.15, 0.2) is 11.5 Å². The van der Waals surface area contributed by atoms with Crippen molar-refractivity contribution in [3.05, 3.63) is 53.0 Å². The summed E-state index contributed by atoms with van der Waals surface area (Å²) in [7, 11) is 4.92. The van der Waals surface area contributed by atoms with Gasteiger partial charge in [-0.1, -0.05) is 0 Å². The zero-order valence-corrected chi connectivity index (χ0v) is 17.6. The smallest absolute Gasteiger partial charge is 0.261 e. The highest BCUT2D eigenvalue weighted by molar-refractivity contribution is 5.96. The van der Waals surface area contributed by atoms with Crippen LogP contribution in [0.5, 0.6) is 11.5 Å². The molecule has 0 aliphatic carbocycles. The number of fused-ring (bicyclic) bond motifs is 2. The van der Waals surface area contributed by atoms with E-state index < -0.39 is 0 Å². The minimum Gasteiger partial charge on any atom is -0.493 e. The average molecular weight is 432 g/mol. The Morgan fingerprint density at radius 3 is 2.56 bits per heavy atom. The number of aromatic amines is 2. The second-order valence-electron chi connectivity index (χ2n) is 7.10. The first-order chi connectivity index (χ1) is 15.6. The van der Waals surface area contributed by atoms with Gasteiger partial charge in [0.1, 0.15) is 22.7 Å².